The van der Waals surface area contributed by atoms with Crippen molar-refractivity contribution in [3.63, 3.8) is 0 Å². The Morgan fingerprint density at radius 1 is 0.722 bits per heavy atom. The molecule has 0 rings (SSSR count). The van der Waals surface area contributed by atoms with Gasteiger partial charge in [0.15, 0.2) is 0 Å². The third kappa shape index (κ3) is 45.2. The Kier molecular flexibility index (Phi) is 31.9. The van der Waals surface area contributed by atoms with E-state index in [1.807, 2.05) is 0 Å². The van der Waals surface area contributed by atoms with E-state index in [-0.39, 0.29) is 5.97 Å². The van der Waals surface area contributed by atoms with Crippen LogP contribution < -0.4 is 0 Å². The molecule has 2 nitrogen and oxygen atoms in total. The highest BCUT2D eigenvalue weighted by atomic mass is 16.5. The minimum absolute atomic E-state index is 0.211. The van der Waals surface area contributed by atoms with Crippen molar-refractivity contribution in [2.75, 3.05) is 6.61 Å². The van der Waals surface area contributed by atoms with Gasteiger partial charge in [0.2, 0.25) is 0 Å². The average Bonchev–Trinajstić information content (AvgIpc) is 2.35. The van der Waals surface area contributed by atoms with Gasteiger partial charge in [0.25, 0.3) is 0 Å². The van der Waals surface area contributed by atoms with Crippen molar-refractivity contribution in [2.45, 2.75) is 92.9 Å². The first kappa shape index (κ1) is 22.6. The molecule has 112 valence electrons. The van der Waals surface area contributed by atoms with Crippen molar-refractivity contribution >= 4 is 5.97 Å². The van der Waals surface area contributed by atoms with E-state index in [4.69, 9.17) is 0 Å². The van der Waals surface area contributed by atoms with E-state index in [0.29, 0.717) is 6.61 Å². The fourth-order valence-electron chi connectivity index (χ4n) is 1.20. The van der Waals surface area contributed by atoms with Gasteiger partial charge in [-0.1, -0.05) is 79.1 Å². The summed E-state index contributed by atoms with van der Waals surface area (Å²) in [5.74, 6) is -0.211. The molecule has 2 heteroatoms. The fourth-order valence-corrected chi connectivity index (χ4v) is 1.20. The van der Waals surface area contributed by atoms with Gasteiger partial charge in [0, 0.05) is 6.92 Å². The Balaban J connectivity index is -0.000000187. The first-order valence-corrected chi connectivity index (χ1v) is 7.73. The zero-order valence-electron chi connectivity index (χ0n) is 13.7. The maximum atomic E-state index is 9.82. The second kappa shape index (κ2) is 25.3. The van der Waals surface area contributed by atoms with E-state index >= 15 is 0 Å². The lowest BCUT2D eigenvalue weighted by Crippen LogP contribution is -1.95. The molecule has 18 heavy (non-hydrogen) atoms. The summed E-state index contributed by atoms with van der Waals surface area (Å²) in [5, 5.41) is 0. The predicted octanol–water partition coefficient (Wildman–Crippen LogP) is 5.74. The van der Waals surface area contributed by atoms with Gasteiger partial charge >= 0.3 is 5.97 Å². The SMILES string of the molecule is CCCCCC.CCCCCC.CCOC(C)=O. The van der Waals surface area contributed by atoms with Gasteiger partial charge in [-0.25, -0.2) is 0 Å². The summed E-state index contributed by atoms with van der Waals surface area (Å²) in [5.41, 5.74) is 0. The van der Waals surface area contributed by atoms with Crippen LogP contribution in [0.15, 0.2) is 0 Å². The van der Waals surface area contributed by atoms with Crippen molar-refractivity contribution in [1.82, 2.24) is 0 Å². The van der Waals surface area contributed by atoms with Crippen molar-refractivity contribution in [2.24, 2.45) is 0 Å². The van der Waals surface area contributed by atoms with E-state index in [0.717, 1.165) is 0 Å². The second-order valence-electron chi connectivity index (χ2n) is 4.34. The zero-order chi connectivity index (χ0) is 14.6. The van der Waals surface area contributed by atoms with Gasteiger partial charge in [-0.3, -0.25) is 4.79 Å². The van der Waals surface area contributed by atoms with Crippen molar-refractivity contribution in [3.05, 3.63) is 0 Å². The summed E-state index contributed by atoms with van der Waals surface area (Å²) in [6, 6.07) is 0. The van der Waals surface area contributed by atoms with E-state index in [1.165, 1.54) is 58.3 Å². The molecule has 0 saturated carbocycles. The molecule has 0 amide bonds. The Morgan fingerprint density at radius 3 is 1.06 bits per heavy atom. The Morgan fingerprint density at radius 2 is 1.00 bits per heavy atom. The lowest BCUT2D eigenvalue weighted by atomic mass is 10.2. The summed E-state index contributed by atoms with van der Waals surface area (Å²) in [6.45, 7) is 12.6. The minimum Gasteiger partial charge on any atom is -0.466 e. The molecule has 0 N–H and O–H groups in total. The number of esters is 1. The Bertz CT molecular complexity index is 117. The highest BCUT2D eigenvalue weighted by Crippen LogP contribution is 1.95. The minimum atomic E-state index is -0.211. The van der Waals surface area contributed by atoms with Crippen LogP contribution >= 0.6 is 0 Å². The smallest absolute Gasteiger partial charge is 0.302 e. The number of unbranched alkanes of at least 4 members (excludes halogenated alkanes) is 6. The maximum absolute atomic E-state index is 9.82. The van der Waals surface area contributed by atoms with Crippen LogP contribution in [0.5, 0.6) is 0 Å². The molecule has 0 heterocycles. The first-order valence-electron chi connectivity index (χ1n) is 7.73. The third-order valence-electron chi connectivity index (χ3n) is 2.26. The van der Waals surface area contributed by atoms with E-state index in [9.17, 15) is 4.79 Å². The molecular formula is C16H36O2. The molecule has 0 aromatic rings. The van der Waals surface area contributed by atoms with Crippen LogP contribution in [-0.2, 0) is 9.53 Å². The van der Waals surface area contributed by atoms with E-state index < -0.39 is 0 Å². The van der Waals surface area contributed by atoms with Crippen LogP contribution in [0.3, 0.4) is 0 Å². The molecule has 0 spiro atoms. The third-order valence-corrected chi connectivity index (χ3v) is 2.26. The normalized spacial score (nSPS) is 8.56. The molecule has 0 radical (unpaired) electrons. The lowest BCUT2D eigenvalue weighted by molar-refractivity contribution is -0.140. The lowest BCUT2D eigenvalue weighted by Gasteiger charge is -1.89. The summed E-state index contributed by atoms with van der Waals surface area (Å²) < 4.78 is 4.40. The molecule has 0 fully saturated rings. The van der Waals surface area contributed by atoms with E-state index in [2.05, 4.69) is 32.4 Å². The monoisotopic (exact) mass is 260 g/mol. The largest absolute Gasteiger partial charge is 0.466 e. The summed E-state index contributed by atoms with van der Waals surface area (Å²) in [7, 11) is 0. The van der Waals surface area contributed by atoms with Crippen LogP contribution in [0.25, 0.3) is 0 Å². The van der Waals surface area contributed by atoms with Gasteiger partial charge in [-0.2, -0.15) is 0 Å². The van der Waals surface area contributed by atoms with Gasteiger partial charge in [-0.05, 0) is 6.92 Å². The first-order chi connectivity index (χ1) is 8.60. The average molecular weight is 260 g/mol. The molecule has 0 bridgehead atoms. The molecule has 0 saturated heterocycles. The van der Waals surface area contributed by atoms with Crippen LogP contribution in [0.1, 0.15) is 92.9 Å². The van der Waals surface area contributed by atoms with Crippen LogP contribution in [0.2, 0.25) is 0 Å². The highest BCUT2D eigenvalue weighted by molar-refractivity contribution is 5.65. The fraction of sp³-hybridized carbons (Fsp3) is 0.938. The number of rotatable bonds is 7. The van der Waals surface area contributed by atoms with Gasteiger partial charge < -0.3 is 4.74 Å². The van der Waals surface area contributed by atoms with Crippen molar-refractivity contribution in [3.8, 4) is 0 Å². The summed E-state index contributed by atoms with van der Waals surface area (Å²) >= 11 is 0. The quantitative estimate of drug-likeness (QED) is 0.431. The molecule has 0 aliphatic rings. The van der Waals surface area contributed by atoms with Crippen LogP contribution in [0.4, 0.5) is 0 Å². The van der Waals surface area contributed by atoms with Gasteiger partial charge in [-0.15, -0.1) is 0 Å². The molecule has 0 aliphatic carbocycles. The number of ether oxygens (including phenoxy) is 1. The zero-order valence-corrected chi connectivity index (χ0v) is 13.7. The summed E-state index contributed by atoms with van der Waals surface area (Å²) in [6.07, 6.45) is 11.1. The van der Waals surface area contributed by atoms with E-state index in [1.54, 1.807) is 6.92 Å². The molecule has 0 aromatic heterocycles. The number of hydrogen-bond acceptors (Lipinski definition) is 2. The Labute approximate surface area is 116 Å². The predicted molar refractivity (Wildman–Crippen MR) is 81.9 cm³/mol. The number of carbonyl (C=O) groups is 1. The van der Waals surface area contributed by atoms with Crippen LogP contribution in [-0.4, -0.2) is 12.6 Å². The standard InChI is InChI=1S/2C6H14.C4H8O2/c2*1-3-5-6-4-2;1-3-6-4(2)5/h2*3-6H2,1-2H3;3H2,1-2H3. The number of hydrogen-bond donors (Lipinski definition) is 0. The molecule has 0 aliphatic heterocycles. The molecular weight excluding hydrogens is 224 g/mol. The van der Waals surface area contributed by atoms with Crippen molar-refractivity contribution in [1.29, 1.82) is 0 Å². The van der Waals surface area contributed by atoms with Crippen molar-refractivity contribution < 1.29 is 9.53 Å². The second-order valence-corrected chi connectivity index (χ2v) is 4.34. The van der Waals surface area contributed by atoms with Gasteiger partial charge in [0.05, 0.1) is 6.61 Å². The molecule has 0 atom stereocenters. The maximum Gasteiger partial charge on any atom is 0.302 e. The molecule has 0 unspecified atom stereocenters. The van der Waals surface area contributed by atoms with Crippen LogP contribution in [0, 0.1) is 0 Å². The topological polar surface area (TPSA) is 26.3 Å². The molecule has 0 aromatic carbocycles. The Hall–Kier alpha value is -0.530. The highest BCUT2D eigenvalue weighted by Gasteiger charge is 1.81. The van der Waals surface area contributed by atoms with Gasteiger partial charge in [0.1, 0.15) is 0 Å². The number of carbonyl (C=O) groups excluding carboxylic acids is 1. The summed E-state index contributed by atoms with van der Waals surface area (Å²) in [4.78, 5) is 9.82.